The fraction of sp³-hybridized carbons (Fsp3) is 0.550. The molecule has 1 aromatic heterocycles. The van der Waals surface area contributed by atoms with Gasteiger partial charge in [0.2, 0.25) is 0 Å². The van der Waals surface area contributed by atoms with Gasteiger partial charge in [-0.15, -0.1) is 24.0 Å². The molecule has 0 spiro atoms. The van der Waals surface area contributed by atoms with Crippen LogP contribution in [0.1, 0.15) is 50.4 Å². The summed E-state index contributed by atoms with van der Waals surface area (Å²) in [5, 5.41) is 11.1. The van der Waals surface area contributed by atoms with Crippen LogP contribution in [0.2, 0.25) is 0 Å². The first-order chi connectivity index (χ1) is 13.1. The van der Waals surface area contributed by atoms with Crippen LogP contribution >= 0.6 is 39.9 Å². The number of guanidine groups is 1. The summed E-state index contributed by atoms with van der Waals surface area (Å²) in [4.78, 5) is 8.96. The molecule has 0 unspecified atom stereocenters. The number of halogens is 2. The van der Waals surface area contributed by atoms with Crippen molar-refractivity contribution in [2.24, 2.45) is 12.0 Å². The zero-order valence-corrected chi connectivity index (χ0v) is 20.5. The Kier molecular flexibility index (Phi) is 9.20. The minimum atomic E-state index is 0. The zero-order valence-electron chi connectivity index (χ0n) is 16.6. The van der Waals surface area contributed by atoms with Gasteiger partial charge in [-0.1, -0.05) is 47.3 Å². The molecule has 3 rings (SSSR count). The minimum Gasteiger partial charge on any atom is -0.357 e. The van der Waals surface area contributed by atoms with Gasteiger partial charge in [0.15, 0.2) is 5.96 Å². The molecular formula is C20H30BrIN6. The molecule has 154 valence electrons. The highest BCUT2D eigenvalue weighted by Crippen LogP contribution is 2.39. The highest BCUT2D eigenvalue weighted by Gasteiger charge is 2.34. The predicted octanol–water partition coefficient (Wildman–Crippen LogP) is 4.15. The number of aryl methyl sites for hydroxylation is 1. The van der Waals surface area contributed by atoms with E-state index in [1.54, 1.807) is 11.0 Å². The van der Waals surface area contributed by atoms with Crippen LogP contribution in [0, 0.1) is 0 Å². The van der Waals surface area contributed by atoms with Crippen molar-refractivity contribution < 1.29 is 0 Å². The van der Waals surface area contributed by atoms with Gasteiger partial charge in [0.1, 0.15) is 18.7 Å². The molecule has 1 fully saturated rings. The molecule has 1 aliphatic carbocycles. The molecule has 1 aliphatic rings. The number of aromatic nitrogens is 3. The Labute approximate surface area is 193 Å². The monoisotopic (exact) mass is 560 g/mol. The highest BCUT2D eigenvalue weighted by molar-refractivity contribution is 14.0. The van der Waals surface area contributed by atoms with E-state index in [1.165, 1.54) is 37.7 Å². The topological polar surface area (TPSA) is 67.1 Å². The van der Waals surface area contributed by atoms with E-state index in [0.29, 0.717) is 6.54 Å². The van der Waals surface area contributed by atoms with Crippen LogP contribution in [-0.4, -0.2) is 33.8 Å². The second kappa shape index (κ2) is 11.1. The van der Waals surface area contributed by atoms with Gasteiger partial charge in [-0.2, -0.15) is 5.10 Å². The van der Waals surface area contributed by atoms with E-state index in [9.17, 15) is 0 Å². The smallest absolute Gasteiger partial charge is 0.191 e. The number of rotatable bonds is 6. The molecular weight excluding hydrogens is 531 g/mol. The lowest BCUT2D eigenvalue weighted by molar-refractivity contribution is 0.291. The Morgan fingerprint density at radius 3 is 2.68 bits per heavy atom. The molecule has 1 saturated carbocycles. The van der Waals surface area contributed by atoms with E-state index in [-0.39, 0.29) is 29.4 Å². The average Bonchev–Trinajstić information content (AvgIpc) is 3.09. The van der Waals surface area contributed by atoms with Crippen LogP contribution in [-0.2, 0) is 19.0 Å². The molecule has 0 bridgehead atoms. The van der Waals surface area contributed by atoms with Crippen LogP contribution in [0.5, 0.6) is 0 Å². The maximum Gasteiger partial charge on any atom is 0.191 e. The molecule has 1 heterocycles. The van der Waals surface area contributed by atoms with Crippen molar-refractivity contribution in [1.29, 1.82) is 0 Å². The van der Waals surface area contributed by atoms with Crippen molar-refractivity contribution in [2.45, 2.75) is 51.0 Å². The second-order valence-electron chi connectivity index (χ2n) is 7.20. The van der Waals surface area contributed by atoms with Gasteiger partial charge in [-0.05, 0) is 37.5 Å². The fourth-order valence-electron chi connectivity index (χ4n) is 3.82. The number of benzene rings is 1. The predicted molar refractivity (Wildman–Crippen MR) is 128 cm³/mol. The molecule has 0 atom stereocenters. The van der Waals surface area contributed by atoms with Crippen LogP contribution in [0.15, 0.2) is 40.1 Å². The lowest BCUT2D eigenvalue weighted by atomic mass is 9.69. The van der Waals surface area contributed by atoms with Crippen molar-refractivity contribution in [3.05, 3.63) is 46.5 Å². The van der Waals surface area contributed by atoms with Gasteiger partial charge in [-0.3, -0.25) is 4.68 Å². The van der Waals surface area contributed by atoms with Gasteiger partial charge in [0.25, 0.3) is 0 Å². The Balaban J connectivity index is 0.00000280. The quantitative estimate of drug-likeness (QED) is 0.316. The van der Waals surface area contributed by atoms with Crippen molar-refractivity contribution in [1.82, 2.24) is 25.4 Å². The molecule has 2 aromatic rings. The van der Waals surface area contributed by atoms with Crippen LogP contribution in [0.25, 0.3) is 0 Å². The molecule has 28 heavy (non-hydrogen) atoms. The Morgan fingerprint density at radius 2 is 2.04 bits per heavy atom. The van der Waals surface area contributed by atoms with Gasteiger partial charge < -0.3 is 10.6 Å². The maximum atomic E-state index is 4.71. The summed E-state index contributed by atoms with van der Waals surface area (Å²) in [5.41, 5.74) is 1.57. The third-order valence-electron chi connectivity index (χ3n) is 5.37. The summed E-state index contributed by atoms with van der Waals surface area (Å²) >= 11 is 3.64. The first-order valence-electron chi connectivity index (χ1n) is 9.74. The number of nitrogens with one attached hydrogen (secondary N) is 2. The van der Waals surface area contributed by atoms with Gasteiger partial charge in [0.05, 0.1) is 0 Å². The first kappa shape index (κ1) is 23.1. The SMILES string of the molecule is CCNC(=NCc1ncnn1C)NCC1(c2cccc(Br)c2)CCCCC1.I. The largest absolute Gasteiger partial charge is 0.357 e. The summed E-state index contributed by atoms with van der Waals surface area (Å²) < 4.78 is 2.91. The zero-order chi connectivity index (χ0) is 19.1. The van der Waals surface area contributed by atoms with E-state index in [4.69, 9.17) is 4.99 Å². The number of hydrogen-bond acceptors (Lipinski definition) is 3. The number of nitrogens with zero attached hydrogens (tertiary/aromatic N) is 4. The summed E-state index contributed by atoms with van der Waals surface area (Å²) in [6.45, 7) is 4.31. The first-order valence-corrected chi connectivity index (χ1v) is 10.5. The third kappa shape index (κ3) is 5.92. The van der Waals surface area contributed by atoms with Gasteiger partial charge in [0, 0.05) is 30.0 Å². The molecule has 2 N–H and O–H groups in total. The molecule has 6 nitrogen and oxygen atoms in total. The Bertz CT molecular complexity index is 770. The van der Waals surface area contributed by atoms with E-state index in [2.05, 4.69) is 67.8 Å². The van der Waals surface area contributed by atoms with Crippen LogP contribution in [0.3, 0.4) is 0 Å². The van der Waals surface area contributed by atoms with E-state index in [0.717, 1.165) is 29.3 Å². The lowest BCUT2D eigenvalue weighted by Crippen LogP contribution is -2.46. The van der Waals surface area contributed by atoms with Gasteiger partial charge in [-0.25, -0.2) is 9.98 Å². The summed E-state index contributed by atoms with van der Waals surface area (Å²) in [6.07, 6.45) is 7.87. The normalized spacial score (nSPS) is 16.3. The van der Waals surface area contributed by atoms with Crippen molar-refractivity contribution in [3.8, 4) is 0 Å². The van der Waals surface area contributed by atoms with Crippen LogP contribution in [0.4, 0.5) is 0 Å². The molecule has 0 amide bonds. The molecule has 0 aliphatic heterocycles. The van der Waals surface area contributed by atoms with Crippen LogP contribution < -0.4 is 10.6 Å². The highest BCUT2D eigenvalue weighted by atomic mass is 127. The van der Waals surface area contributed by atoms with E-state index < -0.39 is 0 Å². The van der Waals surface area contributed by atoms with Gasteiger partial charge >= 0.3 is 0 Å². The lowest BCUT2D eigenvalue weighted by Gasteiger charge is -2.38. The molecule has 0 radical (unpaired) electrons. The maximum absolute atomic E-state index is 4.71. The van der Waals surface area contributed by atoms with Crippen molar-refractivity contribution >= 4 is 45.9 Å². The Hall–Kier alpha value is -1.16. The van der Waals surface area contributed by atoms with Crippen molar-refractivity contribution in [3.63, 3.8) is 0 Å². The second-order valence-corrected chi connectivity index (χ2v) is 8.12. The average molecular weight is 561 g/mol. The fourth-order valence-corrected chi connectivity index (χ4v) is 4.22. The number of aliphatic imine (C=N–C) groups is 1. The third-order valence-corrected chi connectivity index (χ3v) is 5.86. The summed E-state index contributed by atoms with van der Waals surface area (Å²) in [7, 11) is 1.89. The molecule has 8 heteroatoms. The summed E-state index contributed by atoms with van der Waals surface area (Å²) in [6, 6.07) is 8.78. The Morgan fingerprint density at radius 1 is 1.25 bits per heavy atom. The van der Waals surface area contributed by atoms with E-state index in [1.807, 2.05) is 7.05 Å². The summed E-state index contributed by atoms with van der Waals surface area (Å²) in [5.74, 6) is 1.69. The van der Waals surface area contributed by atoms with E-state index >= 15 is 0 Å². The molecule has 0 saturated heterocycles. The minimum absolute atomic E-state index is 0. The molecule has 1 aromatic carbocycles. The standard InChI is InChI=1S/C20H29BrN6.HI/c1-3-22-19(23-13-18-25-15-26-27(18)2)24-14-20(10-5-4-6-11-20)16-8-7-9-17(21)12-16;/h7-9,12,15H,3-6,10-11,13-14H2,1-2H3,(H2,22,23,24);1H. The number of hydrogen-bond donors (Lipinski definition) is 2. The van der Waals surface area contributed by atoms with Crippen molar-refractivity contribution in [2.75, 3.05) is 13.1 Å².